The number of rotatable bonds is 3. The molecule has 0 spiro atoms. The van der Waals surface area contributed by atoms with Gasteiger partial charge in [-0.3, -0.25) is 9.59 Å². The average molecular weight is 227 g/mol. The molecule has 1 aliphatic carbocycles. The van der Waals surface area contributed by atoms with Gasteiger partial charge in [0.05, 0.1) is 11.8 Å². The van der Waals surface area contributed by atoms with Gasteiger partial charge in [0.2, 0.25) is 5.91 Å². The van der Waals surface area contributed by atoms with Crippen LogP contribution in [-0.4, -0.2) is 46.7 Å². The summed E-state index contributed by atoms with van der Waals surface area (Å²) in [6.45, 7) is 4.86. The summed E-state index contributed by atoms with van der Waals surface area (Å²) in [4.78, 5) is 24.5. The van der Waals surface area contributed by atoms with E-state index in [9.17, 15) is 9.59 Å². The number of nitrogens with zero attached hydrogens (tertiary/aromatic N) is 1. The van der Waals surface area contributed by atoms with Gasteiger partial charge in [-0.05, 0) is 5.41 Å². The van der Waals surface area contributed by atoms with Crippen LogP contribution >= 0.6 is 0 Å². The Morgan fingerprint density at radius 2 is 1.88 bits per heavy atom. The fourth-order valence-corrected chi connectivity index (χ4v) is 2.62. The second-order valence-electron chi connectivity index (χ2n) is 5.41. The number of carbonyl (C=O) groups excluding carboxylic acids is 1. The van der Waals surface area contributed by atoms with Gasteiger partial charge in [-0.2, -0.15) is 0 Å². The summed E-state index contributed by atoms with van der Waals surface area (Å²) in [6, 6.07) is 0. The summed E-state index contributed by atoms with van der Waals surface area (Å²) in [6.07, 6.45) is 0. The molecule has 0 radical (unpaired) electrons. The van der Waals surface area contributed by atoms with Crippen molar-refractivity contribution in [3.63, 3.8) is 0 Å². The first kappa shape index (κ1) is 11.4. The Hall–Kier alpha value is -1.10. The number of amides is 1. The molecule has 5 nitrogen and oxygen atoms in total. The summed E-state index contributed by atoms with van der Waals surface area (Å²) in [7, 11) is 0. The number of hydrogen-bond acceptors (Lipinski definition) is 3. The molecular weight excluding hydrogens is 210 g/mol. The molecule has 1 aliphatic heterocycles. The lowest BCUT2D eigenvalue weighted by atomic mass is 9.99. The standard InChI is InChI=1S/C11H17NO4/c1-11(2)7(8(11)10(15)16)9(14)12-3-6(4-12)5-13/h6-8,13H,3-5H2,1-2H3,(H,15,16). The predicted molar refractivity (Wildman–Crippen MR) is 55.6 cm³/mol. The third-order valence-corrected chi connectivity index (χ3v) is 3.89. The van der Waals surface area contributed by atoms with E-state index in [4.69, 9.17) is 10.2 Å². The van der Waals surface area contributed by atoms with Crippen LogP contribution in [0.3, 0.4) is 0 Å². The third kappa shape index (κ3) is 1.50. The minimum atomic E-state index is -0.886. The summed E-state index contributed by atoms with van der Waals surface area (Å²) >= 11 is 0. The first-order valence-electron chi connectivity index (χ1n) is 5.52. The van der Waals surface area contributed by atoms with Crippen molar-refractivity contribution in [1.29, 1.82) is 0 Å². The Morgan fingerprint density at radius 1 is 1.31 bits per heavy atom. The lowest BCUT2D eigenvalue weighted by molar-refractivity contribution is -0.145. The smallest absolute Gasteiger partial charge is 0.307 e. The van der Waals surface area contributed by atoms with Gasteiger partial charge >= 0.3 is 5.97 Å². The van der Waals surface area contributed by atoms with Crippen LogP contribution in [0.4, 0.5) is 0 Å². The van der Waals surface area contributed by atoms with Crippen LogP contribution in [0.1, 0.15) is 13.8 Å². The van der Waals surface area contributed by atoms with Crippen molar-refractivity contribution in [2.24, 2.45) is 23.2 Å². The topological polar surface area (TPSA) is 77.8 Å². The zero-order valence-corrected chi connectivity index (χ0v) is 9.51. The number of carbonyl (C=O) groups is 2. The zero-order chi connectivity index (χ0) is 12.1. The van der Waals surface area contributed by atoms with E-state index in [1.165, 1.54) is 0 Å². The molecule has 1 heterocycles. The number of aliphatic hydroxyl groups excluding tert-OH is 1. The first-order chi connectivity index (χ1) is 7.39. The van der Waals surface area contributed by atoms with E-state index in [0.29, 0.717) is 13.1 Å². The molecule has 0 aromatic heterocycles. The van der Waals surface area contributed by atoms with Gasteiger partial charge in [-0.15, -0.1) is 0 Å². The monoisotopic (exact) mass is 227 g/mol. The molecule has 2 N–H and O–H groups in total. The van der Waals surface area contributed by atoms with E-state index in [1.807, 2.05) is 13.8 Å². The van der Waals surface area contributed by atoms with Gasteiger partial charge in [0.25, 0.3) is 0 Å². The molecule has 1 saturated heterocycles. The van der Waals surface area contributed by atoms with E-state index in [1.54, 1.807) is 4.90 Å². The molecule has 0 bridgehead atoms. The fraction of sp³-hybridized carbons (Fsp3) is 0.818. The highest BCUT2D eigenvalue weighted by Gasteiger charge is 2.67. The van der Waals surface area contributed by atoms with Crippen LogP contribution in [0.25, 0.3) is 0 Å². The van der Waals surface area contributed by atoms with Gasteiger partial charge < -0.3 is 15.1 Å². The van der Waals surface area contributed by atoms with Crippen molar-refractivity contribution >= 4 is 11.9 Å². The average Bonchev–Trinajstić information content (AvgIpc) is 2.67. The maximum Gasteiger partial charge on any atom is 0.307 e. The van der Waals surface area contributed by atoms with E-state index in [-0.39, 0.29) is 24.3 Å². The molecule has 0 aromatic rings. The number of aliphatic carboxylic acids is 1. The third-order valence-electron chi connectivity index (χ3n) is 3.89. The summed E-state index contributed by atoms with van der Waals surface area (Å²) < 4.78 is 0. The molecule has 2 fully saturated rings. The van der Waals surface area contributed by atoms with Crippen molar-refractivity contribution in [3.8, 4) is 0 Å². The quantitative estimate of drug-likeness (QED) is 0.699. The fourth-order valence-electron chi connectivity index (χ4n) is 2.62. The number of hydrogen-bond donors (Lipinski definition) is 2. The molecule has 0 aromatic carbocycles. The van der Waals surface area contributed by atoms with Gasteiger partial charge in [-0.1, -0.05) is 13.8 Å². The van der Waals surface area contributed by atoms with Crippen LogP contribution in [-0.2, 0) is 9.59 Å². The van der Waals surface area contributed by atoms with Crippen LogP contribution in [0, 0.1) is 23.2 Å². The molecule has 1 amide bonds. The number of aliphatic hydroxyl groups is 1. The molecule has 2 unspecified atom stereocenters. The Kier molecular flexibility index (Phi) is 2.45. The van der Waals surface area contributed by atoms with Crippen molar-refractivity contribution in [2.45, 2.75) is 13.8 Å². The lowest BCUT2D eigenvalue weighted by Crippen LogP contribution is -2.52. The molecule has 2 rings (SSSR count). The molecule has 2 aliphatic rings. The van der Waals surface area contributed by atoms with Gasteiger partial charge in [-0.25, -0.2) is 0 Å². The largest absolute Gasteiger partial charge is 0.481 e. The van der Waals surface area contributed by atoms with E-state index in [0.717, 1.165) is 0 Å². The minimum absolute atomic E-state index is 0.0675. The Morgan fingerprint density at radius 3 is 2.25 bits per heavy atom. The first-order valence-corrected chi connectivity index (χ1v) is 5.52. The van der Waals surface area contributed by atoms with Gasteiger partial charge in [0.1, 0.15) is 0 Å². The summed E-state index contributed by atoms with van der Waals surface area (Å²) in [5.41, 5.74) is -0.423. The second kappa shape index (κ2) is 3.45. The zero-order valence-electron chi connectivity index (χ0n) is 9.51. The van der Waals surface area contributed by atoms with Crippen LogP contribution in [0.15, 0.2) is 0 Å². The Bertz CT molecular complexity index is 333. The van der Waals surface area contributed by atoms with Gasteiger partial charge in [0, 0.05) is 25.6 Å². The van der Waals surface area contributed by atoms with E-state index in [2.05, 4.69) is 0 Å². The van der Waals surface area contributed by atoms with E-state index >= 15 is 0 Å². The molecule has 90 valence electrons. The molecular formula is C11H17NO4. The number of carboxylic acids is 1. The van der Waals surface area contributed by atoms with Crippen molar-refractivity contribution in [2.75, 3.05) is 19.7 Å². The number of likely N-dealkylation sites (tertiary alicyclic amines) is 1. The summed E-state index contributed by atoms with van der Waals surface area (Å²) in [5.74, 6) is -1.71. The van der Waals surface area contributed by atoms with Crippen molar-refractivity contribution < 1.29 is 19.8 Å². The maximum atomic E-state index is 12.0. The Labute approximate surface area is 94.0 Å². The normalized spacial score (nSPS) is 32.1. The minimum Gasteiger partial charge on any atom is -0.481 e. The molecule has 2 atom stereocenters. The molecule has 1 saturated carbocycles. The highest BCUT2D eigenvalue weighted by Crippen LogP contribution is 2.59. The lowest BCUT2D eigenvalue weighted by Gasteiger charge is -2.38. The SMILES string of the molecule is CC1(C)C(C(=O)O)C1C(=O)N1CC(CO)C1. The highest BCUT2D eigenvalue weighted by molar-refractivity contribution is 5.92. The van der Waals surface area contributed by atoms with Crippen molar-refractivity contribution in [1.82, 2.24) is 4.90 Å². The van der Waals surface area contributed by atoms with Crippen molar-refractivity contribution in [3.05, 3.63) is 0 Å². The molecule has 5 heteroatoms. The maximum absolute atomic E-state index is 12.0. The predicted octanol–water partition coefficient (Wildman–Crippen LogP) is -0.206. The van der Waals surface area contributed by atoms with Gasteiger partial charge in [0.15, 0.2) is 0 Å². The van der Waals surface area contributed by atoms with E-state index < -0.39 is 17.3 Å². The Balaban J connectivity index is 1.95. The van der Waals surface area contributed by atoms with Crippen LogP contribution in [0.5, 0.6) is 0 Å². The summed E-state index contributed by atoms with van der Waals surface area (Å²) in [5, 5.41) is 17.8. The van der Waals surface area contributed by atoms with Crippen LogP contribution in [0.2, 0.25) is 0 Å². The molecule has 16 heavy (non-hydrogen) atoms. The highest BCUT2D eigenvalue weighted by atomic mass is 16.4. The van der Waals surface area contributed by atoms with Crippen LogP contribution < -0.4 is 0 Å². The number of carboxylic acid groups (broad SMARTS) is 1. The second-order valence-corrected chi connectivity index (χ2v) is 5.41.